The van der Waals surface area contributed by atoms with E-state index in [0.717, 1.165) is 5.02 Å². The van der Waals surface area contributed by atoms with E-state index in [1.165, 1.54) is 44.2 Å². The van der Waals surface area contributed by atoms with E-state index in [2.05, 4.69) is 86.6 Å². The first-order chi connectivity index (χ1) is 12.6. The highest BCUT2D eigenvalue weighted by molar-refractivity contribution is 6.34. The Morgan fingerprint density at radius 3 is 2.31 bits per heavy atom. The molecule has 0 radical (unpaired) electrons. The Morgan fingerprint density at radius 1 is 0.731 bits per heavy atom. The fourth-order valence-electron chi connectivity index (χ4n) is 4.46. The molecule has 0 nitrogen and oxygen atoms in total. The van der Waals surface area contributed by atoms with E-state index in [4.69, 9.17) is 11.6 Å². The largest absolute Gasteiger partial charge is 0.0837 e. The van der Waals surface area contributed by atoms with Gasteiger partial charge >= 0.3 is 0 Å². The molecule has 1 heteroatoms. The van der Waals surface area contributed by atoms with Gasteiger partial charge in [-0.3, -0.25) is 0 Å². The van der Waals surface area contributed by atoms with Crippen molar-refractivity contribution in [2.24, 2.45) is 0 Å². The second-order valence-corrected chi connectivity index (χ2v) is 7.98. The van der Waals surface area contributed by atoms with Crippen LogP contribution in [0.1, 0.15) is 25.0 Å². The van der Waals surface area contributed by atoms with Crippen molar-refractivity contribution < 1.29 is 0 Å². The highest BCUT2D eigenvalue weighted by atomic mass is 35.5. The number of halogens is 1. The van der Waals surface area contributed by atoms with Crippen LogP contribution in [-0.2, 0) is 5.41 Å². The summed E-state index contributed by atoms with van der Waals surface area (Å²) in [7, 11) is 0. The molecule has 0 amide bonds. The maximum absolute atomic E-state index is 6.60. The Labute approximate surface area is 159 Å². The third kappa shape index (κ3) is 2.09. The van der Waals surface area contributed by atoms with Gasteiger partial charge in [0.15, 0.2) is 0 Å². The third-order valence-corrected chi connectivity index (χ3v) is 6.02. The van der Waals surface area contributed by atoms with Gasteiger partial charge in [0.2, 0.25) is 0 Å². The first kappa shape index (κ1) is 15.7. The molecule has 0 heterocycles. The first-order valence-electron chi connectivity index (χ1n) is 8.99. The van der Waals surface area contributed by atoms with Crippen LogP contribution in [0.3, 0.4) is 0 Å². The number of fused-ring (bicyclic) bond motifs is 5. The van der Waals surface area contributed by atoms with Gasteiger partial charge in [-0.25, -0.2) is 0 Å². The number of hydrogen-bond donors (Lipinski definition) is 0. The van der Waals surface area contributed by atoms with Gasteiger partial charge in [-0.1, -0.05) is 92.2 Å². The monoisotopic (exact) mass is 354 g/mol. The first-order valence-corrected chi connectivity index (χ1v) is 9.37. The van der Waals surface area contributed by atoms with Gasteiger partial charge in [-0.15, -0.1) is 0 Å². The van der Waals surface area contributed by atoms with Gasteiger partial charge in [0.1, 0.15) is 0 Å². The Kier molecular flexibility index (Phi) is 3.29. The smallest absolute Gasteiger partial charge is 0.0487 e. The van der Waals surface area contributed by atoms with Crippen molar-refractivity contribution in [2.45, 2.75) is 19.3 Å². The highest BCUT2D eigenvalue weighted by Gasteiger charge is 2.37. The molecule has 5 rings (SSSR count). The summed E-state index contributed by atoms with van der Waals surface area (Å²) >= 11 is 6.60. The minimum atomic E-state index is -0.0651. The molecular weight excluding hydrogens is 336 g/mol. The highest BCUT2D eigenvalue weighted by Crippen LogP contribution is 2.53. The third-order valence-electron chi connectivity index (χ3n) is 5.71. The summed E-state index contributed by atoms with van der Waals surface area (Å²) in [5, 5.41) is 3.44. The van der Waals surface area contributed by atoms with Gasteiger partial charge in [-0.05, 0) is 50.7 Å². The van der Waals surface area contributed by atoms with Gasteiger partial charge in [0.05, 0.1) is 0 Å². The van der Waals surface area contributed by atoms with E-state index in [9.17, 15) is 0 Å². The maximum atomic E-state index is 6.60. The van der Waals surface area contributed by atoms with E-state index >= 15 is 0 Å². The molecule has 0 saturated carbocycles. The summed E-state index contributed by atoms with van der Waals surface area (Å²) in [5.74, 6) is 0. The van der Waals surface area contributed by atoms with Crippen molar-refractivity contribution >= 4 is 22.4 Å². The molecule has 126 valence electrons. The molecule has 4 aromatic carbocycles. The molecule has 1 aliphatic rings. The van der Waals surface area contributed by atoms with Crippen molar-refractivity contribution in [1.29, 1.82) is 0 Å². The summed E-state index contributed by atoms with van der Waals surface area (Å²) in [6.45, 7) is 4.62. The molecule has 0 unspecified atom stereocenters. The van der Waals surface area contributed by atoms with Gasteiger partial charge in [-0.2, -0.15) is 0 Å². The SMILES string of the molecule is CC1(C)c2cccc(Cl)c2-c2ccc3ccc(-c4ccccc4)cc3c21. The van der Waals surface area contributed by atoms with Crippen molar-refractivity contribution in [1.82, 2.24) is 0 Å². The minimum Gasteiger partial charge on any atom is -0.0837 e. The lowest BCUT2D eigenvalue weighted by Crippen LogP contribution is -2.15. The molecule has 1 aliphatic carbocycles. The molecule has 0 spiro atoms. The van der Waals surface area contributed by atoms with Crippen LogP contribution in [0, 0.1) is 0 Å². The second-order valence-electron chi connectivity index (χ2n) is 7.58. The van der Waals surface area contributed by atoms with Crippen LogP contribution in [-0.4, -0.2) is 0 Å². The average Bonchev–Trinajstić information content (AvgIpc) is 2.91. The molecule has 26 heavy (non-hydrogen) atoms. The van der Waals surface area contributed by atoms with Crippen LogP contribution in [0.25, 0.3) is 33.0 Å². The zero-order chi connectivity index (χ0) is 17.9. The number of hydrogen-bond acceptors (Lipinski definition) is 0. The van der Waals surface area contributed by atoms with Crippen molar-refractivity contribution in [3.8, 4) is 22.3 Å². The quantitative estimate of drug-likeness (QED) is 0.332. The fourth-order valence-corrected chi connectivity index (χ4v) is 4.74. The van der Waals surface area contributed by atoms with Crippen molar-refractivity contribution in [2.75, 3.05) is 0 Å². The zero-order valence-corrected chi connectivity index (χ0v) is 15.6. The molecule has 0 saturated heterocycles. The summed E-state index contributed by atoms with van der Waals surface area (Å²) in [6.07, 6.45) is 0. The van der Waals surface area contributed by atoms with Crippen LogP contribution < -0.4 is 0 Å². The van der Waals surface area contributed by atoms with Crippen molar-refractivity contribution in [3.63, 3.8) is 0 Å². The van der Waals surface area contributed by atoms with Crippen molar-refractivity contribution in [3.05, 3.63) is 95.0 Å². The Morgan fingerprint density at radius 2 is 1.50 bits per heavy atom. The Balaban J connectivity index is 1.85. The minimum absolute atomic E-state index is 0.0651. The van der Waals surface area contributed by atoms with Crippen LogP contribution in [0.4, 0.5) is 0 Å². The topological polar surface area (TPSA) is 0 Å². The Bertz CT molecular complexity index is 1150. The summed E-state index contributed by atoms with van der Waals surface area (Å²) in [5.41, 5.74) is 7.61. The predicted molar refractivity (Wildman–Crippen MR) is 112 cm³/mol. The van der Waals surface area contributed by atoms with Gasteiger partial charge in [0, 0.05) is 16.0 Å². The summed E-state index contributed by atoms with van der Waals surface area (Å²) in [6, 6.07) is 28.1. The van der Waals surface area contributed by atoms with E-state index in [1.807, 2.05) is 6.07 Å². The van der Waals surface area contributed by atoms with E-state index in [-0.39, 0.29) is 5.41 Å². The number of rotatable bonds is 1. The molecule has 0 aromatic heterocycles. The Hall–Kier alpha value is -2.57. The second kappa shape index (κ2) is 5.46. The lowest BCUT2D eigenvalue weighted by atomic mass is 9.80. The molecule has 0 bridgehead atoms. The van der Waals surface area contributed by atoms with E-state index in [0.29, 0.717) is 0 Å². The molecule has 0 aliphatic heterocycles. The van der Waals surface area contributed by atoms with Gasteiger partial charge in [0.25, 0.3) is 0 Å². The number of benzene rings is 4. The molecule has 0 atom stereocenters. The van der Waals surface area contributed by atoms with Crippen LogP contribution in [0.15, 0.2) is 78.9 Å². The lowest BCUT2D eigenvalue weighted by Gasteiger charge is -2.23. The zero-order valence-electron chi connectivity index (χ0n) is 14.9. The average molecular weight is 355 g/mol. The van der Waals surface area contributed by atoms with Crippen LogP contribution in [0.5, 0.6) is 0 Å². The van der Waals surface area contributed by atoms with Crippen LogP contribution in [0.2, 0.25) is 5.02 Å². The van der Waals surface area contributed by atoms with E-state index in [1.54, 1.807) is 0 Å². The molecule has 0 fully saturated rings. The molecular formula is C25H19Cl. The van der Waals surface area contributed by atoms with E-state index < -0.39 is 0 Å². The van der Waals surface area contributed by atoms with Gasteiger partial charge < -0.3 is 0 Å². The maximum Gasteiger partial charge on any atom is 0.0487 e. The summed E-state index contributed by atoms with van der Waals surface area (Å²) in [4.78, 5) is 0. The normalized spacial score (nSPS) is 14.3. The summed E-state index contributed by atoms with van der Waals surface area (Å²) < 4.78 is 0. The standard InChI is InChI=1S/C25H19Cl/c1-25(2)21-9-6-10-22(26)23(21)19-14-13-17-11-12-18(15-20(17)24(19)25)16-7-4-3-5-8-16/h3-15H,1-2H3. The predicted octanol–water partition coefficient (Wildman–Crippen LogP) is 7.47. The fraction of sp³-hybridized carbons (Fsp3) is 0.120. The van der Waals surface area contributed by atoms with Crippen LogP contribution >= 0.6 is 11.6 Å². The molecule has 4 aromatic rings. The molecule has 0 N–H and O–H groups in total. The lowest BCUT2D eigenvalue weighted by molar-refractivity contribution is 0.666.